The second-order valence-corrected chi connectivity index (χ2v) is 8.20. The number of aromatic nitrogens is 1. The van der Waals surface area contributed by atoms with Crippen molar-refractivity contribution >= 4 is 5.97 Å². The van der Waals surface area contributed by atoms with E-state index in [4.69, 9.17) is 5.11 Å². The lowest BCUT2D eigenvalue weighted by Crippen LogP contribution is -2.02. The Hall–Kier alpha value is -1.84. The number of carbonyl (C=O) groups is 1. The largest absolute Gasteiger partial charge is 0.481 e. The third-order valence-corrected chi connectivity index (χ3v) is 4.68. The van der Waals surface area contributed by atoms with E-state index in [2.05, 4.69) is 54.5 Å². The van der Waals surface area contributed by atoms with Crippen molar-refractivity contribution in [1.29, 1.82) is 0 Å². The van der Waals surface area contributed by atoms with Crippen molar-refractivity contribution in [2.45, 2.75) is 104 Å². The molecule has 0 saturated heterocycles. The summed E-state index contributed by atoms with van der Waals surface area (Å²) in [6.45, 7) is 6.67. The fourth-order valence-corrected chi connectivity index (χ4v) is 2.95. The van der Waals surface area contributed by atoms with Crippen LogP contribution in [0.15, 0.2) is 47.6 Å². The maximum absolute atomic E-state index is 10.5. The van der Waals surface area contributed by atoms with Gasteiger partial charge >= 0.3 is 5.97 Å². The lowest BCUT2D eigenvalue weighted by molar-refractivity contribution is -0.137. The average molecular weight is 406 g/mol. The molecule has 1 N–H and O–H groups in total. The molecule has 0 atom stereocenters. The van der Waals surface area contributed by atoms with Gasteiger partial charge in [0, 0.05) is 11.8 Å². The number of carboxylic acids is 1. The molecule has 0 saturated carbocycles. The van der Waals surface area contributed by atoms with Crippen LogP contribution < -0.4 is 0 Å². The van der Waals surface area contributed by atoms with Crippen LogP contribution in [0.25, 0.3) is 0 Å². The fourth-order valence-electron chi connectivity index (χ4n) is 2.95. The first-order valence-corrected chi connectivity index (χ1v) is 11.4. The second kappa shape index (κ2) is 19.5. The minimum Gasteiger partial charge on any atom is -0.481 e. The van der Waals surface area contributed by atoms with E-state index in [1.165, 1.54) is 76.9 Å². The molecule has 1 rings (SSSR count). The van der Waals surface area contributed by atoms with Gasteiger partial charge in [-0.05, 0) is 25.7 Å². The van der Waals surface area contributed by atoms with Gasteiger partial charge in [0.05, 0.1) is 6.20 Å². The van der Waals surface area contributed by atoms with Gasteiger partial charge in [-0.1, -0.05) is 96.4 Å². The molecule has 0 bridgehead atoms. The Labute approximate surface area is 178 Å². The molecule has 0 unspecified atom stereocenters. The van der Waals surface area contributed by atoms with Crippen molar-refractivity contribution in [2.24, 2.45) is 5.41 Å². The third-order valence-electron chi connectivity index (χ3n) is 4.68. The molecule has 0 aliphatic carbocycles. The topological polar surface area (TPSA) is 63.3 Å². The zero-order valence-corrected chi connectivity index (χ0v) is 18.9. The van der Waals surface area contributed by atoms with E-state index < -0.39 is 5.97 Å². The van der Waals surface area contributed by atoms with Crippen LogP contribution in [0.2, 0.25) is 0 Å². The highest BCUT2D eigenvalue weighted by Crippen LogP contribution is 2.20. The Kier molecular flexibility index (Phi) is 18.2. The lowest BCUT2D eigenvalue weighted by Gasteiger charge is -2.14. The van der Waals surface area contributed by atoms with Crippen molar-refractivity contribution in [3.8, 4) is 0 Å². The fraction of sp³-hybridized carbons (Fsp3) is 0.680. The van der Waals surface area contributed by atoms with Gasteiger partial charge in [-0.2, -0.15) is 0 Å². The highest BCUT2D eigenvalue weighted by atomic mass is 16.4. The Morgan fingerprint density at radius 2 is 1.48 bits per heavy atom. The van der Waals surface area contributed by atoms with Gasteiger partial charge in [0.1, 0.15) is 6.26 Å². The normalized spacial score (nSPS) is 11.7. The zero-order chi connectivity index (χ0) is 21.6. The second-order valence-electron chi connectivity index (χ2n) is 8.20. The Balaban J connectivity index is 0.00000135. The molecule has 4 heteroatoms. The predicted octanol–water partition coefficient (Wildman–Crippen LogP) is 7.98. The molecule has 1 heterocycles. The first kappa shape index (κ1) is 27.2. The van der Waals surface area contributed by atoms with E-state index in [9.17, 15) is 4.79 Å². The number of nitrogens with zero attached hydrogens (tertiary/aromatic N) is 1. The molecular weight excluding hydrogens is 362 g/mol. The summed E-state index contributed by atoms with van der Waals surface area (Å²) in [4.78, 5) is 14.0. The number of aliphatic carboxylic acids is 1. The smallest absolute Gasteiger partial charge is 0.303 e. The quantitative estimate of drug-likeness (QED) is 0.224. The van der Waals surface area contributed by atoms with Crippen molar-refractivity contribution in [1.82, 2.24) is 4.98 Å². The van der Waals surface area contributed by atoms with Gasteiger partial charge in [0.25, 0.3) is 0 Å². The third kappa shape index (κ3) is 22.3. The van der Waals surface area contributed by atoms with Crippen molar-refractivity contribution in [2.75, 3.05) is 0 Å². The molecule has 0 aliphatic rings. The van der Waals surface area contributed by atoms with Gasteiger partial charge < -0.3 is 9.52 Å². The van der Waals surface area contributed by atoms with E-state index in [1.54, 1.807) is 6.20 Å². The molecule has 166 valence electrons. The van der Waals surface area contributed by atoms with Gasteiger partial charge in [-0.25, -0.2) is 4.98 Å². The number of rotatable bonds is 16. The highest BCUT2D eigenvalue weighted by Gasteiger charge is 2.07. The number of oxazole rings is 1. The summed E-state index contributed by atoms with van der Waals surface area (Å²) in [7, 11) is 0. The maximum atomic E-state index is 10.5. The minimum absolute atomic E-state index is 0.0719. The molecule has 0 fully saturated rings. The van der Waals surface area contributed by atoms with Crippen LogP contribution in [0.5, 0.6) is 0 Å². The van der Waals surface area contributed by atoms with Gasteiger partial charge in [-0.3, -0.25) is 4.79 Å². The number of carboxylic acid groups (broad SMARTS) is 1. The van der Waals surface area contributed by atoms with E-state index >= 15 is 0 Å². The number of hydrogen-bond acceptors (Lipinski definition) is 3. The van der Waals surface area contributed by atoms with Crippen LogP contribution in [-0.4, -0.2) is 16.1 Å². The maximum Gasteiger partial charge on any atom is 0.303 e. The molecular formula is C25H43NO3. The summed E-state index contributed by atoms with van der Waals surface area (Å²) in [6, 6.07) is 0. The van der Waals surface area contributed by atoms with E-state index in [0.717, 1.165) is 12.8 Å². The highest BCUT2D eigenvalue weighted by molar-refractivity contribution is 5.66. The molecule has 1 aromatic heterocycles. The van der Waals surface area contributed by atoms with Crippen LogP contribution >= 0.6 is 0 Å². The van der Waals surface area contributed by atoms with Crippen molar-refractivity contribution in [3.05, 3.63) is 43.2 Å². The molecule has 0 amide bonds. The lowest BCUT2D eigenvalue weighted by atomic mass is 9.91. The number of hydrogen-bond donors (Lipinski definition) is 1. The molecule has 29 heavy (non-hydrogen) atoms. The first-order chi connectivity index (χ1) is 14.0. The van der Waals surface area contributed by atoms with Crippen molar-refractivity contribution in [3.63, 3.8) is 0 Å². The summed E-state index contributed by atoms with van der Waals surface area (Å²) in [6.07, 6.45) is 28.8. The van der Waals surface area contributed by atoms with Gasteiger partial charge in [0.15, 0.2) is 6.39 Å². The Morgan fingerprint density at radius 1 is 0.931 bits per heavy atom. The van der Waals surface area contributed by atoms with E-state index in [-0.39, 0.29) is 11.8 Å². The Bertz CT molecular complexity index is 501. The molecule has 0 radical (unpaired) electrons. The van der Waals surface area contributed by atoms with E-state index in [1.807, 2.05) is 0 Å². The zero-order valence-electron chi connectivity index (χ0n) is 18.9. The van der Waals surface area contributed by atoms with Crippen molar-refractivity contribution < 1.29 is 14.3 Å². The van der Waals surface area contributed by atoms with Crippen LogP contribution in [0.3, 0.4) is 0 Å². The monoisotopic (exact) mass is 405 g/mol. The van der Waals surface area contributed by atoms with E-state index in [0.29, 0.717) is 0 Å². The van der Waals surface area contributed by atoms with Crippen LogP contribution in [-0.2, 0) is 4.79 Å². The predicted molar refractivity (Wildman–Crippen MR) is 122 cm³/mol. The van der Waals surface area contributed by atoms with Crippen LogP contribution in [0, 0.1) is 5.41 Å². The Morgan fingerprint density at radius 3 is 1.93 bits per heavy atom. The standard InChI is InChI=1S/C22H40O2.C3H3NO/c1-4-5-6-7-8-9-10-11-12-13-16-19-22(2,3)20-17-14-15-18-21(23)24;1-2-5-3-4-1/h16-17,19-20H,4-15,18H2,1-3H3,(H,23,24);1-3H/b19-16-,20-17-;. The SMILES string of the molecule is CCCCCCCCCCC/C=C\C(C)(C)/C=C\CCCC(=O)O.c1cocn1. The number of unbranched alkanes of at least 4 members (excludes halogenated alkanes) is 10. The van der Waals surface area contributed by atoms with Crippen LogP contribution in [0.1, 0.15) is 104 Å². The summed E-state index contributed by atoms with van der Waals surface area (Å²) < 4.78 is 4.47. The molecule has 4 nitrogen and oxygen atoms in total. The van der Waals surface area contributed by atoms with Gasteiger partial charge in [-0.15, -0.1) is 0 Å². The molecule has 0 aromatic carbocycles. The summed E-state index contributed by atoms with van der Waals surface area (Å²) in [5.41, 5.74) is 0.0719. The minimum atomic E-state index is -0.705. The first-order valence-electron chi connectivity index (χ1n) is 11.4. The molecule has 1 aromatic rings. The summed E-state index contributed by atoms with van der Waals surface area (Å²) in [5.74, 6) is -0.705. The number of allylic oxidation sites excluding steroid dienone is 4. The molecule has 0 aliphatic heterocycles. The average Bonchev–Trinajstić information content (AvgIpc) is 3.25. The summed E-state index contributed by atoms with van der Waals surface area (Å²) in [5, 5.41) is 8.61. The van der Waals surface area contributed by atoms with Crippen LogP contribution in [0.4, 0.5) is 0 Å². The molecule has 0 spiro atoms. The van der Waals surface area contributed by atoms with Gasteiger partial charge in [0.2, 0.25) is 0 Å². The summed E-state index contributed by atoms with van der Waals surface area (Å²) >= 11 is 0.